The van der Waals surface area contributed by atoms with Gasteiger partial charge in [0, 0.05) is 21.8 Å². The van der Waals surface area contributed by atoms with E-state index in [2.05, 4.69) is 78.7 Å². The van der Waals surface area contributed by atoms with Crippen molar-refractivity contribution >= 4 is 22.7 Å². The molecule has 3 rings (SSSR count). The largest absolute Gasteiger partial charge is 0.349 e. The van der Waals surface area contributed by atoms with Crippen LogP contribution in [0.15, 0.2) is 64.5 Å². The fraction of sp³-hybridized carbons (Fsp3) is 0.222. The number of hydrogen-bond donors (Lipinski definition) is 2. The molecular weight excluding hydrogens is 276 g/mol. The molecule has 0 saturated carbocycles. The van der Waals surface area contributed by atoms with Crippen molar-refractivity contribution in [1.82, 2.24) is 10.3 Å². The van der Waals surface area contributed by atoms with Crippen molar-refractivity contribution in [2.75, 3.05) is 6.54 Å². The zero-order valence-corrected chi connectivity index (χ0v) is 13.2. The van der Waals surface area contributed by atoms with Crippen LogP contribution in [0, 0.1) is 0 Å². The number of hydrogen-bond acceptors (Lipinski definition) is 2. The molecule has 3 aromatic rings. The Hall–Kier alpha value is -1.71. The molecule has 0 spiro atoms. The van der Waals surface area contributed by atoms with E-state index in [9.17, 15) is 0 Å². The molecule has 1 unspecified atom stereocenters. The minimum atomic E-state index is 0.364. The first kappa shape index (κ1) is 14.2. The van der Waals surface area contributed by atoms with Crippen LogP contribution in [-0.4, -0.2) is 11.5 Å². The fourth-order valence-corrected chi connectivity index (χ4v) is 3.66. The van der Waals surface area contributed by atoms with Crippen LogP contribution >= 0.6 is 11.8 Å². The van der Waals surface area contributed by atoms with Crippen LogP contribution in [0.3, 0.4) is 0 Å². The number of benzene rings is 2. The van der Waals surface area contributed by atoms with E-state index < -0.39 is 0 Å². The second-order valence-corrected chi connectivity index (χ2v) is 6.22. The van der Waals surface area contributed by atoms with Crippen molar-refractivity contribution in [2.24, 2.45) is 0 Å². The van der Waals surface area contributed by atoms with E-state index in [0.29, 0.717) is 6.04 Å². The molecule has 1 aromatic heterocycles. The highest BCUT2D eigenvalue weighted by Crippen LogP contribution is 2.34. The number of aromatic amines is 1. The van der Waals surface area contributed by atoms with Gasteiger partial charge in [-0.3, -0.25) is 0 Å². The molecule has 2 N–H and O–H groups in total. The summed E-state index contributed by atoms with van der Waals surface area (Å²) in [5, 5.41) is 5.94. The quantitative estimate of drug-likeness (QED) is 0.694. The lowest BCUT2D eigenvalue weighted by Gasteiger charge is -2.16. The number of rotatable bonds is 5. The molecule has 0 aliphatic rings. The van der Waals surface area contributed by atoms with Gasteiger partial charge in [0.05, 0.1) is 5.03 Å². The average molecular weight is 296 g/mol. The highest BCUT2D eigenvalue weighted by Gasteiger charge is 2.11. The summed E-state index contributed by atoms with van der Waals surface area (Å²) in [6, 6.07) is 19.6. The van der Waals surface area contributed by atoms with Crippen LogP contribution in [0.25, 0.3) is 10.9 Å². The molecule has 0 saturated heterocycles. The third-order valence-electron chi connectivity index (χ3n) is 3.62. The summed E-state index contributed by atoms with van der Waals surface area (Å²) >= 11 is 1.80. The van der Waals surface area contributed by atoms with Gasteiger partial charge in [-0.25, -0.2) is 0 Å². The minimum absolute atomic E-state index is 0.364. The molecule has 2 nitrogen and oxygen atoms in total. The van der Waals surface area contributed by atoms with Crippen molar-refractivity contribution in [3.63, 3.8) is 0 Å². The molecule has 0 aliphatic heterocycles. The topological polar surface area (TPSA) is 27.8 Å². The van der Waals surface area contributed by atoms with Gasteiger partial charge in [0.15, 0.2) is 0 Å². The molecule has 0 fully saturated rings. The van der Waals surface area contributed by atoms with Crippen LogP contribution in [0.2, 0.25) is 0 Å². The predicted molar refractivity (Wildman–Crippen MR) is 91.0 cm³/mol. The van der Waals surface area contributed by atoms with E-state index in [0.717, 1.165) is 6.54 Å². The first-order valence-corrected chi connectivity index (χ1v) is 8.17. The molecule has 108 valence electrons. The van der Waals surface area contributed by atoms with Gasteiger partial charge in [-0.05, 0) is 37.2 Å². The number of H-pyrrole nitrogens is 1. The van der Waals surface area contributed by atoms with Gasteiger partial charge >= 0.3 is 0 Å². The van der Waals surface area contributed by atoms with E-state index in [4.69, 9.17) is 0 Å². The molecule has 0 radical (unpaired) electrons. The minimum Gasteiger partial charge on any atom is -0.349 e. The van der Waals surface area contributed by atoms with Gasteiger partial charge < -0.3 is 10.3 Å². The number of para-hydroxylation sites is 1. The van der Waals surface area contributed by atoms with Crippen LogP contribution in [0.4, 0.5) is 0 Å². The van der Waals surface area contributed by atoms with E-state index >= 15 is 0 Å². The summed E-state index contributed by atoms with van der Waals surface area (Å²) in [5.41, 5.74) is 2.54. The van der Waals surface area contributed by atoms with E-state index in [-0.39, 0.29) is 0 Å². The first-order valence-electron chi connectivity index (χ1n) is 7.36. The zero-order chi connectivity index (χ0) is 14.7. The van der Waals surface area contributed by atoms with Gasteiger partial charge in [-0.15, -0.1) is 0 Å². The molecular formula is C18H20N2S. The zero-order valence-electron chi connectivity index (χ0n) is 12.4. The fourth-order valence-electron chi connectivity index (χ4n) is 2.57. The third kappa shape index (κ3) is 3.14. The van der Waals surface area contributed by atoms with Crippen molar-refractivity contribution < 1.29 is 0 Å². The molecule has 1 heterocycles. The molecule has 3 heteroatoms. The molecule has 21 heavy (non-hydrogen) atoms. The number of nitrogens with one attached hydrogen (secondary N) is 2. The van der Waals surface area contributed by atoms with Gasteiger partial charge in [-0.1, -0.05) is 55.1 Å². The Kier molecular flexibility index (Phi) is 4.32. The lowest BCUT2D eigenvalue weighted by molar-refractivity contribution is 0.590. The third-order valence-corrected chi connectivity index (χ3v) is 4.65. The van der Waals surface area contributed by atoms with E-state index in [1.165, 1.54) is 26.4 Å². The maximum Gasteiger partial charge on any atom is 0.0780 e. The Labute approximate surface area is 130 Å². The van der Waals surface area contributed by atoms with Crippen LogP contribution in [-0.2, 0) is 0 Å². The maximum absolute atomic E-state index is 3.49. The van der Waals surface area contributed by atoms with Gasteiger partial charge in [0.2, 0.25) is 0 Å². The summed E-state index contributed by atoms with van der Waals surface area (Å²) in [5.74, 6) is 0. The molecule has 1 atom stereocenters. The van der Waals surface area contributed by atoms with Crippen molar-refractivity contribution in [2.45, 2.75) is 29.8 Å². The number of aromatic nitrogens is 1. The normalized spacial score (nSPS) is 12.7. The van der Waals surface area contributed by atoms with Gasteiger partial charge in [0.1, 0.15) is 0 Å². The summed E-state index contributed by atoms with van der Waals surface area (Å²) in [6.07, 6.45) is 0. The summed E-state index contributed by atoms with van der Waals surface area (Å²) in [4.78, 5) is 4.79. The average Bonchev–Trinajstić information content (AvgIpc) is 2.90. The number of fused-ring (bicyclic) bond motifs is 1. The van der Waals surface area contributed by atoms with Gasteiger partial charge in [0.25, 0.3) is 0 Å². The first-order chi connectivity index (χ1) is 10.3. The highest BCUT2D eigenvalue weighted by atomic mass is 32.2. The van der Waals surface area contributed by atoms with Crippen molar-refractivity contribution in [3.05, 3.63) is 60.2 Å². The van der Waals surface area contributed by atoms with Crippen LogP contribution in [0.5, 0.6) is 0 Å². The second kappa shape index (κ2) is 6.37. The highest BCUT2D eigenvalue weighted by molar-refractivity contribution is 7.99. The van der Waals surface area contributed by atoms with Crippen molar-refractivity contribution in [3.8, 4) is 0 Å². The van der Waals surface area contributed by atoms with Crippen LogP contribution in [0.1, 0.15) is 25.5 Å². The molecule has 0 bridgehead atoms. The Morgan fingerprint density at radius 2 is 1.86 bits per heavy atom. The summed E-state index contributed by atoms with van der Waals surface area (Å²) in [6.45, 7) is 5.34. The SMILES string of the molecule is CCNC(C)c1ccccc1Sc1cc2ccccc2[nH]1. The Morgan fingerprint density at radius 3 is 2.67 bits per heavy atom. The van der Waals surface area contributed by atoms with Crippen molar-refractivity contribution in [1.29, 1.82) is 0 Å². The maximum atomic E-state index is 3.49. The van der Waals surface area contributed by atoms with E-state index in [1.54, 1.807) is 11.8 Å². The Morgan fingerprint density at radius 1 is 1.10 bits per heavy atom. The standard InChI is InChI=1S/C18H20N2S/c1-3-19-13(2)15-9-5-7-11-17(15)21-18-12-14-8-4-6-10-16(14)20-18/h4-13,19-20H,3H2,1-2H3. The summed E-state index contributed by atoms with van der Waals surface area (Å²) < 4.78 is 0. The Bertz CT molecular complexity index is 700. The molecule has 2 aromatic carbocycles. The van der Waals surface area contributed by atoms with Gasteiger partial charge in [-0.2, -0.15) is 0 Å². The monoisotopic (exact) mass is 296 g/mol. The van der Waals surface area contributed by atoms with Crippen LogP contribution < -0.4 is 5.32 Å². The summed E-state index contributed by atoms with van der Waals surface area (Å²) in [7, 11) is 0. The predicted octanol–water partition coefficient (Wildman–Crippen LogP) is 4.99. The smallest absolute Gasteiger partial charge is 0.0780 e. The second-order valence-electron chi connectivity index (χ2n) is 5.14. The molecule has 0 aliphatic carbocycles. The lowest BCUT2D eigenvalue weighted by Crippen LogP contribution is -2.18. The molecule has 0 amide bonds. The van der Waals surface area contributed by atoms with E-state index in [1.807, 2.05) is 0 Å². The Balaban J connectivity index is 1.90. The lowest BCUT2D eigenvalue weighted by atomic mass is 10.1.